The van der Waals surface area contributed by atoms with Crippen LogP contribution in [-0.2, 0) is 0 Å². The van der Waals surface area contributed by atoms with Crippen molar-refractivity contribution < 1.29 is 0 Å². The van der Waals surface area contributed by atoms with Crippen molar-refractivity contribution in [3.05, 3.63) is 83.4 Å². The summed E-state index contributed by atoms with van der Waals surface area (Å²) in [5, 5.41) is 5.43. The molecule has 0 N–H and O–H groups in total. The Hall–Kier alpha value is -2.60. The van der Waals surface area contributed by atoms with Crippen LogP contribution >= 0.6 is 0 Å². The van der Waals surface area contributed by atoms with Gasteiger partial charge in [0.1, 0.15) is 0 Å². The lowest BCUT2D eigenvalue weighted by Crippen LogP contribution is -1.97. The second-order valence-electron chi connectivity index (χ2n) is 8.60. The van der Waals surface area contributed by atoms with Crippen molar-refractivity contribution in [2.24, 2.45) is 0 Å². The molecule has 0 fully saturated rings. The van der Waals surface area contributed by atoms with Crippen LogP contribution in [-0.4, -0.2) is 0 Å². The second kappa shape index (κ2) is 12.6. The highest BCUT2D eigenvalue weighted by molar-refractivity contribution is 6.13. The summed E-state index contributed by atoms with van der Waals surface area (Å²) in [4.78, 5) is 0. The molecule has 0 heterocycles. The van der Waals surface area contributed by atoms with Gasteiger partial charge in [0.2, 0.25) is 0 Å². The molecule has 4 aromatic carbocycles. The summed E-state index contributed by atoms with van der Waals surface area (Å²) in [7, 11) is 0. The Labute approximate surface area is 203 Å². The summed E-state index contributed by atoms with van der Waals surface area (Å²) >= 11 is 0. The topological polar surface area (TPSA) is 0 Å². The normalized spacial score (nSPS) is 12.4. The molecular weight excluding hydrogens is 396 g/mol. The number of aryl methyl sites for hydroxylation is 1. The van der Waals surface area contributed by atoms with E-state index in [0.29, 0.717) is 11.8 Å². The first-order valence-electron chi connectivity index (χ1n) is 13.1. The Balaban J connectivity index is 0.000000914. The molecule has 33 heavy (non-hydrogen) atoms. The number of hydrogen-bond donors (Lipinski definition) is 0. The van der Waals surface area contributed by atoms with Crippen molar-refractivity contribution in [2.75, 3.05) is 0 Å². The van der Waals surface area contributed by atoms with Gasteiger partial charge in [-0.25, -0.2) is 0 Å². The molecule has 0 aliphatic carbocycles. The minimum atomic E-state index is 0.555. The third-order valence-corrected chi connectivity index (χ3v) is 6.80. The maximum absolute atomic E-state index is 2.38. The van der Waals surface area contributed by atoms with Gasteiger partial charge in [-0.2, -0.15) is 0 Å². The zero-order chi connectivity index (χ0) is 24.5. The van der Waals surface area contributed by atoms with Gasteiger partial charge in [-0.1, -0.05) is 122 Å². The van der Waals surface area contributed by atoms with E-state index < -0.39 is 0 Å². The zero-order valence-corrected chi connectivity index (χ0v) is 22.4. The molecule has 0 spiro atoms. The van der Waals surface area contributed by atoms with Crippen LogP contribution in [0, 0.1) is 6.92 Å². The van der Waals surface area contributed by atoms with Gasteiger partial charge in [-0.15, -0.1) is 0 Å². The van der Waals surface area contributed by atoms with E-state index in [1.807, 2.05) is 27.7 Å². The average molecular weight is 441 g/mol. The first-order valence-corrected chi connectivity index (χ1v) is 13.1. The first kappa shape index (κ1) is 26.7. The summed E-state index contributed by atoms with van der Waals surface area (Å²) in [5.74, 6) is 1.16. The summed E-state index contributed by atoms with van der Waals surface area (Å²) in [6.07, 6.45) is 2.33. The molecule has 0 nitrogen and oxygen atoms in total. The van der Waals surface area contributed by atoms with Crippen molar-refractivity contribution in [1.82, 2.24) is 0 Å². The van der Waals surface area contributed by atoms with Gasteiger partial charge >= 0.3 is 0 Å². The molecule has 0 amide bonds. The number of benzene rings is 4. The molecule has 4 rings (SSSR count). The van der Waals surface area contributed by atoms with Crippen molar-refractivity contribution >= 4 is 21.5 Å². The van der Waals surface area contributed by atoms with Crippen molar-refractivity contribution in [3.8, 4) is 11.1 Å². The highest BCUT2D eigenvalue weighted by Gasteiger charge is 2.16. The molecule has 0 saturated heterocycles. The fraction of sp³-hybridized carbons (Fsp3) is 0.394. The van der Waals surface area contributed by atoms with E-state index in [1.54, 1.807) is 0 Å². The van der Waals surface area contributed by atoms with E-state index in [4.69, 9.17) is 0 Å². The van der Waals surface area contributed by atoms with Gasteiger partial charge in [0, 0.05) is 0 Å². The first-order chi connectivity index (χ1) is 16.0. The van der Waals surface area contributed by atoms with E-state index in [0.717, 1.165) is 6.42 Å². The third kappa shape index (κ3) is 5.49. The molecule has 0 aliphatic rings. The fourth-order valence-corrected chi connectivity index (χ4v) is 4.55. The Morgan fingerprint density at radius 1 is 0.636 bits per heavy atom. The minimum Gasteiger partial charge on any atom is -0.0683 e. The number of rotatable bonds is 5. The smallest absolute Gasteiger partial charge is 0.00730 e. The predicted octanol–water partition coefficient (Wildman–Crippen LogP) is 11.0. The Morgan fingerprint density at radius 2 is 1.24 bits per heavy atom. The summed E-state index contributed by atoms with van der Waals surface area (Å²) in [6.45, 7) is 19.4. The summed E-state index contributed by atoms with van der Waals surface area (Å²) in [6, 6.07) is 25.3. The lowest BCUT2D eigenvalue weighted by atomic mass is 9.85. The van der Waals surface area contributed by atoms with Gasteiger partial charge in [0.15, 0.2) is 0 Å². The number of hydrogen-bond acceptors (Lipinski definition) is 0. The molecule has 0 saturated carbocycles. The fourth-order valence-electron chi connectivity index (χ4n) is 4.55. The summed E-state index contributed by atoms with van der Waals surface area (Å²) in [5.41, 5.74) is 7.03. The van der Waals surface area contributed by atoms with Crippen LogP contribution in [0.25, 0.3) is 32.7 Å². The van der Waals surface area contributed by atoms with Gasteiger partial charge in [0.05, 0.1) is 0 Å². The van der Waals surface area contributed by atoms with E-state index in [1.165, 1.54) is 55.8 Å². The molecule has 2 unspecified atom stereocenters. The van der Waals surface area contributed by atoms with E-state index >= 15 is 0 Å². The van der Waals surface area contributed by atoms with E-state index in [-0.39, 0.29) is 0 Å². The van der Waals surface area contributed by atoms with E-state index in [9.17, 15) is 0 Å². The lowest BCUT2D eigenvalue weighted by Gasteiger charge is -2.19. The predicted molar refractivity (Wildman–Crippen MR) is 152 cm³/mol. The SMILES string of the molecule is CC.CC.CCC(C)c1ccc2c(ccc3c(-c4ccccc4C(C)CC)c(C)ccc32)c1. The van der Waals surface area contributed by atoms with Crippen molar-refractivity contribution in [1.29, 1.82) is 0 Å². The quantitative estimate of drug-likeness (QED) is 0.271. The molecule has 0 radical (unpaired) electrons. The Kier molecular flexibility index (Phi) is 10.2. The van der Waals surface area contributed by atoms with Crippen LogP contribution in [0.5, 0.6) is 0 Å². The van der Waals surface area contributed by atoms with Crippen molar-refractivity contribution in [3.63, 3.8) is 0 Å². The zero-order valence-electron chi connectivity index (χ0n) is 22.4. The van der Waals surface area contributed by atoms with Crippen LogP contribution in [0.2, 0.25) is 0 Å². The standard InChI is InChI=1S/C29H32.2C2H6/c1-6-19(3)22-13-16-25-23(18-22)14-17-28-26(25)15-12-21(5)29(28)27-11-9-8-10-24(27)20(4)7-2;2*1-2/h8-20H,6-7H2,1-5H3;2*1-2H3. The highest BCUT2D eigenvalue weighted by Crippen LogP contribution is 2.39. The minimum absolute atomic E-state index is 0.555. The molecule has 2 atom stereocenters. The molecule has 0 aromatic heterocycles. The molecule has 176 valence electrons. The monoisotopic (exact) mass is 440 g/mol. The van der Waals surface area contributed by atoms with Gasteiger partial charge in [0.25, 0.3) is 0 Å². The van der Waals surface area contributed by atoms with E-state index in [2.05, 4.69) is 101 Å². The van der Waals surface area contributed by atoms with Crippen LogP contribution < -0.4 is 0 Å². The van der Waals surface area contributed by atoms with Gasteiger partial charge in [-0.05, 0) is 81.0 Å². The molecule has 0 bridgehead atoms. The van der Waals surface area contributed by atoms with Gasteiger partial charge < -0.3 is 0 Å². The van der Waals surface area contributed by atoms with Crippen LogP contribution in [0.4, 0.5) is 0 Å². The third-order valence-electron chi connectivity index (χ3n) is 6.80. The Morgan fingerprint density at radius 3 is 1.91 bits per heavy atom. The average Bonchev–Trinajstić information content (AvgIpc) is 2.89. The molecule has 0 aliphatic heterocycles. The number of fused-ring (bicyclic) bond motifs is 3. The highest BCUT2D eigenvalue weighted by atomic mass is 14.2. The lowest BCUT2D eigenvalue weighted by molar-refractivity contribution is 0.735. The maximum atomic E-state index is 2.38. The van der Waals surface area contributed by atoms with Crippen LogP contribution in [0.3, 0.4) is 0 Å². The van der Waals surface area contributed by atoms with Gasteiger partial charge in [-0.3, -0.25) is 0 Å². The second-order valence-corrected chi connectivity index (χ2v) is 8.60. The van der Waals surface area contributed by atoms with Crippen molar-refractivity contribution in [2.45, 2.75) is 87.0 Å². The molecule has 0 heteroatoms. The summed E-state index contributed by atoms with van der Waals surface area (Å²) < 4.78 is 0. The Bertz CT molecular complexity index is 1170. The molecule has 4 aromatic rings. The van der Waals surface area contributed by atoms with Crippen LogP contribution in [0.1, 0.15) is 96.8 Å². The maximum Gasteiger partial charge on any atom is -0.00730 e. The van der Waals surface area contributed by atoms with Crippen LogP contribution in [0.15, 0.2) is 66.7 Å². The molecular formula is C33H44. The largest absolute Gasteiger partial charge is 0.0683 e.